The average molecular weight is 429 g/mol. The Bertz CT molecular complexity index is 846. The number of carbonyl (C=O) groups excluding carboxylic acids is 1. The van der Waals surface area contributed by atoms with Gasteiger partial charge in [-0.2, -0.15) is 0 Å². The van der Waals surface area contributed by atoms with Crippen LogP contribution in [0.3, 0.4) is 0 Å². The van der Waals surface area contributed by atoms with Gasteiger partial charge in [-0.1, -0.05) is 17.7 Å². The average Bonchev–Trinajstić information content (AvgIpc) is 2.55. The van der Waals surface area contributed by atoms with Crippen molar-refractivity contribution in [2.75, 3.05) is 6.54 Å². The number of aliphatic carboxylic acids is 1. The molecule has 162 valence electrons. The van der Waals surface area contributed by atoms with Gasteiger partial charge in [-0.25, -0.2) is 22.3 Å². The molecule has 5 N–H and O–H groups in total. The zero-order valence-electron chi connectivity index (χ0n) is 16.9. The maximum Gasteiger partial charge on any atom is 0.408 e. The van der Waals surface area contributed by atoms with E-state index in [0.717, 1.165) is 5.56 Å². The first-order valence-electron chi connectivity index (χ1n) is 8.90. The highest BCUT2D eigenvalue weighted by Crippen LogP contribution is 2.17. The van der Waals surface area contributed by atoms with Crippen molar-refractivity contribution in [1.82, 2.24) is 9.62 Å². The van der Waals surface area contributed by atoms with Gasteiger partial charge < -0.3 is 20.9 Å². The first-order chi connectivity index (χ1) is 13.2. The summed E-state index contributed by atoms with van der Waals surface area (Å²) in [6, 6.07) is 4.78. The van der Waals surface area contributed by atoms with Crippen LogP contribution in [-0.2, 0) is 19.6 Å². The molecule has 10 nitrogen and oxygen atoms in total. The Kier molecular flexibility index (Phi) is 8.01. The molecule has 0 fully saturated rings. The number of carboxylic acids is 1. The number of aryl methyl sites for hydroxylation is 1. The van der Waals surface area contributed by atoms with Gasteiger partial charge in [-0.05, 0) is 52.7 Å². The van der Waals surface area contributed by atoms with Crippen LogP contribution >= 0.6 is 0 Å². The van der Waals surface area contributed by atoms with E-state index in [2.05, 4.69) is 5.32 Å². The molecule has 0 heterocycles. The monoisotopic (exact) mass is 428 g/mol. The Hall–Kier alpha value is -2.82. The van der Waals surface area contributed by atoms with E-state index in [4.69, 9.17) is 15.9 Å². The number of guanidine groups is 1. The number of nitrogens with one attached hydrogen (secondary N) is 2. The van der Waals surface area contributed by atoms with Crippen molar-refractivity contribution in [2.24, 2.45) is 5.73 Å². The Labute approximate surface area is 170 Å². The second-order valence-electron chi connectivity index (χ2n) is 7.45. The van der Waals surface area contributed by atoms with Crippen LogP contribution in [0.1, 0.15) is 39.2 Å². The molecule has 1 amide bonds. The number of carboxylic acid groups (broad SMARTS) is 1. The number of benzene rings is 1. The first-order valence-corrected chi connectivity index (χ1v) is 10.3. The van der Waals surface area contributed by atoms with E-state index >= 15 is 0 Å². The normalized spacial score (nSPS) is 12.7. The van der Waals surface area contributed by atoms with Crippen LogP contribution in [-0.4, -0.2) is 54.0 Å². The molecule has 1 aromatic rings. The lowest BCUT2D eigenvalue weighted by atomic mass is 10.1. The second-order valence-corrected chi connectivity index (χ2v) is 9.32. The van der Waals surface area contributed by atoms with Gasteiger partial charge in [0.2, 0.25) is 5.96 Å². The lowest BCUT2D eigenvalue weighted by molar-refractivity contribution is -0.139. The van der Waals surface area contributed by atoms with Gasteiger partial charge >= 0.3 is 12.1 Å². The summed E-state index contributed by atoms with van der Waals surface area (Å²) in [6.07, 6.45) is -0.931. The standard InChI is InChI=1S/C18H28N4O6S/c1-12-7-9-13(10-8-12)29(26,27)22(16(19)20)11-5-6-14(15(23)24)21-17(25)28-18(2,3)4/h7-10,14H,5-6,11H2,1-4H3,(H3,19,20)(H,21,25)(H,23,24). The molecule has 29 heavy (non-hydrogen) atoms. The van der Waals surface area contributed by atoms with Gasteiger partial charge in [0.15, 0.2) is 0 Å². The fourth-order valence-corrected chi connectivity index (χ4v) is 3.72. The molecule has 0 aromatic heterocycles. The number of hydrogen-bond donors (Lipinski definition) is 4. The number of alkyl carbamates (subject to hydrolysis) is 1. The molecule has 0 aliphatic heterocycles. The summed E-state index contributed by atoms with van der Waals surface area (Å²) < 4.78 is 31.2. The van der Waals surface area contributed by atoms with Crippen LogP contribution < -0.4 is 11.1 Å². The van der Waals surface area contributed by atoms with Crippen LogP contribution in [0.5, 0.6) is 0 Å². The number of nitrogens with two attached hydrogens (primary N) is 1. The Morgan fingerprint density at radius 1 is 1.28 bits per heavy atom. The molecule has 1 rings (SSSR count). The predicted octanol–water partition coefficient (Wildman–Crippen LogP) is 1.64. The van der Waals surface area contributed by atoms with E-state index in [1.54, 1.807) is 32.9 Å². The summed E-state index contributed by atoms with van der Waals surface area (Å²) in [5.41, 5.74) is 5.52. The molecule has 0 aliphatic carbocycles. The van der Waals surface area contributed by atoms with E-state index in [-0.39, 0.29) is 24.3 Å². The zero-order chi connectivity index (χ0) is 22.4. The van der Waals surface area contributed by atoms with Gasteiger partial charge in [-0.15, -0.1) is 0 Å². The lowest BCUT2D eigenvalue weighted by Gasteiger charge is -2.24. The Morgan fingerprint density at radius 2 is 1.83 bits per heavy atom. The van der Waals surface area contributed by atoms with Crippen LogP contribution in [0.2, 0.25) is 0 Å². The van der Waals surface area contributed by atoms with Gasteiger partial charge in [0.1, 0.15) is 11.6 Å². The highest BCUT2D eigenvalue weighted by atomic mass is 32.2. The minimum Gasteiger partial charge on any atom is -0.480 e. The molecule has 0 aliphatic rings. The molecule has 0 bridgehead atoms. The summed E-state index contributed by atoms with van der Waals surface area (Å²) in [4.78, 5) is 23.2. The number of sulfonamides is 1. The fourth-order valence-electron chi connectivity index (χ4n) is 2.35. The van der Waals surface area contributed by atoms with E-state index in [1.807, 2.05) is 6.92 Å². The van der Waals surface area contributed by atoms with Crippen molar-refractivity contribution in [3.8, 4) is 0 Å². The third-order valence-corrected chi connectivity index (χ3v) is 5.55. The topological polar surface area (TPSA) is 163 Å². The Morgan fingerprint density at radius 3 is 2.28 bits per heavy atom. The minimum atomic E-state index is -4.06. The third-order valence-electron chi connectivity index (χ3n) is 3.72. The number of amides is 1. The molecule has 1 unspecified atom stereocenters. The molecule has 0 radical (unpaired) electrons. The summed E-state index contributed by atoms with van der Waals surface area (Å²) in [6.45, 7) is 6.52. The van der Waals surface area contributed by atoms with E-state index in [0.29, 0.717) is 4.31 Å². The first kappa shape index (κ1) is 24.2. The number of nitrogens with zero attached hydrogens (tertiary/aromatic N) is 1. The lowest BCUT2D eigenvalue weighted by Crippen LogP contribution is -2.45. The van der Waals surface area contributed by atoms with Crippen molar-refractivity contribution in [3.05, 3.63) is 29.8 Å². The maximum atomic E-state index is 12.7. The van der Waals surface area contributed by atoms with Gasteiger partial charge in [0.25, 0.3) is 10.0 Å². The quantitative estimate of drug-likeness (QED) is 0.361. The summed E-state index contributed by atoms with van der Waals surface area (Å²) in [7, 11) is -4.06. The van der Waals surface area contributed by atoms with Crippen LogP contribution in [0.25, 0.3) is 0 Å². The summed E-state index contributed by atoms with van der Waals surface area (Å²) in [5, 5.41) is 19.1. The van der Waals surface area contributed by atoms with Crippen molar-refractivity contribution in [1.29, 1.82) is 5.41 Å². The molecule has 0 saturated carbocycles. The van der Waals surface area contributed by atoms with Gasteiger partial charge in [0, 0.05) is 6.54 Å². The molecule has 0 spiro atoms. The number of rotatable bonds is 8. The van der Waals surface area contributed by atoms with Gasteiger partial charge in [0.05, 0.1) is 4.90 Å². The molecule has 1 aromatic carbocycles. The van der Waals surface area contributed by atoms with Crippen molar-refractivity contribution in [2.45, 2.75) is 57.1 Å². The molecule has 1 atom stereocenters. The number of hydrogen-bond acceptors (Lipinski definition) is 6. The highest BCUT2D eigenvalue weighted by Gasteiger charge is 2.28. The summed E-state index contributed by atoms with van der Waals surface area (Å²) >= 11 is 0. The van der Waals surface area contributed by atoms with E-state index < -0.39 is 39.7 Å². The van der Waals surface area contributed by atoms with Crippen molar-refractivity contribution >= 4 is 28.0 Å². The van der Waals surface area contributed by atoms with E-state index in [9.17, 15) is 23.1 Å². The third kappa shape index (κ3) is 7.60. The van der Waals surface area contributed by atoms with Crippen LogP contribution in [0.4, 0.5) is 4.79 Å². The second kappa shape index (κ2) is 9.59. The van der Waals surface area contributed by atoms with Crippen LogP contribution in [0, 0.1) is 12.3 Å². The van der Waals surface area contributed by atoms with Crippen molar-refractivity contribution in [3.63, 3.8) is 0 Å². The molecule has 0 saturated heterocycles. The maximum absolute atomic E-state index is 12.7. The van der Waals surface area contributed by atoms with Gasteiger partial charge in [-0.3, -0.25) is 5.41 Å². The zero-order valence-corrected chi connectivity index (χ0v) is 17.7. The largest absolute Gasteiger partial charge is 0.480 e. The van der Waals surface area contributed by atoms with E-state index in [1.165, 1.54) is 12.1 Å². The molecule has 11 heteroatoms. The fraction of sp³-hybridized carbons (Fsp3) is 0.500. The summed E-state index contributed by atoms with van der Waals surface area (Å²) in [5.74, 6) is -1.97. The minimum absolute atomic E-state index is 0.0278. The predicted molar refractivity (Wildman–Crippen MR) is 107 cm³/mol. The smallest absolute Gasteiger partial charge is 0.408 e. The highest BCUT2D eigenvalue weighted by molar-refractivity contribution is 7.89. The number of carbonyl (C=O) groups is 2. The molecular weight excluding hydrogens is 400 g/mol. The molecular formula is C18H28N4O6S. The number of ether oxygens (including phenoxy) is 1. The SMILES string of the molecule is Cc1ccc(S(=O)(=O)N(CCCC(NC(=O)OC(C)(C)C)C(=O)O)C(=N)N)cc1. The van der Waals surface area contributed by atoms with Crippen LogP contribution in [0.15, 0.2) is 29.2 Å². The Balaban J connectivity index is 2.82. The van der Waals surface area contributed by atoms with Crippen molar-refractivity contribution < 1.29 is 27.9 Å².